The fraction of sp³-hybridized carbons (Fsp3) is 0.318. The van der Waals surface area contributed by atoms with Gasteiger partial charge in [0, 0.05) is 19.5 Å². The summed E-state index contributed by atoms with van der Waals surface area (Å²) in [6.07, 6.45) is 2.04. The van der Waals surface area contributed by atoms with Crippen molar-refractivity contribution in [1.29, 1.82) is 0 Å². The lowest BCUT2D eigenvalue weighted by molar-refractivity contribution is -0.125. The average molecular weight is 392 g/mol. The summed E-state index contributed by atoms with van der Waals surface area (Å²) in [6.45, 7) is 2.85. The lowest BCUT2D eigenvalue weighted by Gasteiger charge is -2.20. The normalized spacial score (nSPS) is 17.5. The van der Waals surface area contributed by atoms with Crippen LogP contribution in [0.2, 0.25) is 0 Å². The predicted octanol–water partition coefficient (Wildman–Crippen LogP) is 2.60. The molecule has 1 N–H and O–H groups in total. The zero-order valence-electron chi connectivity index (χ0n) is 16.5. The van der Waals surface area contributed by atoms with Crippen molar-refractivity contribution in [2.75, 3.05) is 18.6 Å². The monoisotopic (exact) mass is 392 g/mol. The van der Waals surface area contributed by atoms with Crippen LogP contribution in [-0.2, 0) is 16.1 Å². The largest absolute Gasteiger partial charge is 0.495 e. The molecule has 2 atom stereocenters. The van der Waals surface area contributed by atoms with Crippen LogP contribution in [0.5, 0.6) is 5.75 Å². The second-order valence-corrected chi connectivity index (χ2v) is 7.37. The van der Waals surface area contributed by atoms with Crippen molar-refractivity contribution < 1.29 is 14.3 Å². The van der Waals surface area contributed by atoms with Gasteiger partial charge in [-0.15, -0.1) is 0 Å². The predicted molar refractivity (Wildman–Crippen MR) is 111 cm³/mol. The number of nitrogens with one attached hydrogen (secondary N) is 1. The van der Waals surface area contributed by atoms with Gasteiger partial charge in [0.25, 0.3) is 0 Å². The molecule has 3 aromatic rings. The quantitative estimate of drug-likeness (QED) is 0.700. The molecule has 1 fully saturated rings. The second-order valence-electron chi connectivity index (χ2n) is 7.37. The number of carbonyl (C=O) groups is 2. The lowest BCUT2D eigenvalue weighted by atomic mass is 10.1. The van der Waals surface area contributed by atoms with Crippen LogP contribution in [0.4, 0.5) is 5.69 Å². The number of methoxy groups -OCH3 is 1. The number of anilines is 1. The van der Waals surface area contributed by atoms with Gasteiger partial charge in [0.1, 0.15) is 5.75 Å². The van der Waals surface area contributed by atoms with Crippen molar-refractivity contribution >= 4 is 28.5 Å². The molecule has 0 radical (unpaired) electrons. The van der Waals surface area contributed by atoms with Gasteiger partial charge in [-0.1, -0.05) is 31.2 Å². The molecule has 0 bridgehead atoms. The zero-order chi connectivity index (χ0) is 20.4. The first-order chi connectivity index (χ1) is 14.1. The maximum absolute atomic E-state index is 12.7. The number of nitrogens with zero attached hydrogens (tertiary/aromatic N) is 3. The molecule has 1 aliphatic heterocycles. The van der Waals surface area contributed by atoms with Crippen LogP contribution in [0.1, 0.15) is 13.3 Å². The topological polar surface area (TPSA) is 76.5 Å². The van der Waals surface area contributed by atoms with E-state index in [2.05, 4.69) is 10.3 Å². The van der Waals surface area contributed by atoms with Gasteiger partial charge < -0.3 is 19.5 Å². The molecule has 4 rings (SSSR count). The van der Waals surface area contributed by atoms with E-state index in [1.54, 1.807) is 18.3 Å². The van der Waals surface area contributed by atoms with Crippen LogP contribution in [0.15, 0.2) is 54.9 Å². The van der Waals surface area contributed by atoms with Gasteiger partial charge in [0.05, 0.1) is 42.1 Å². The van der Waals surface area contributed by atoms with Crippen molar-refractivity contribution in [3.05, 3.63) is 54.9 Å². The minimum absolute atomic E-state index is 0.0203. The van der Waals surface area contributed by atoms with Gasteiger partial charge in [-0.2, -0.15) is 0 Å². The molecule has 0 aliphatic carbocycles. The van der Waals surface area contributed by atoms with Gasteiger partial charge in [0.15, 0.2) is 0 Å². The standard InChI is InChI=1S/C22H24N4O3/c1-15(12-25-14-23-17-7-3-4-8-18(17)25)22(28)24-16-11-21(27)26(13-16)19-9-5-6-10-20(19)29-2/h3-10,14-16H,11-13H2,1-2H3,(H,24,28)/t15-,16+/m0/s1. The van der Waals surface area contributed by atoms with Gasteiger partial charge in [0.2, 0.25) is 11.8 Å². The maximum Gasteiger partial charge on any atom is 0.229 e. The van der Waals surface area contributed by atoms with Crippen molar-refractivity contribution in [1.82, 2.24) is 14.9 Å². The van der Waals surface area contributed by atoms with E-state index in [0.717, 1.165) is 16.7 Å². The van der Waals surface area contributed by atoms with Crippen LogP contribution < -0.4 is 15.0 Å². The number of para-hydroxylation sites is 4. The van der Waals surface area contributed by atoms with Crippen LogP contribution >= 0.6 is 0 Å². The molecule has 2 heterocycles. The third kappa shape index (κ3) is 3.81. The molecule has 1 aromatic heterocycles. The van der Waals surface area contributed by atoms with Crippen molar-refractivity contribution in [3.8, 4) is 5.75 Å². The summed E-state index contributed by atoms with van der Waals surface area (Å²) in [6, 6.07) is 15.0. The lowest BCUT2D eigenvalue weighted by Crippen LogP contribution is -2.40. The number of ether oxygens (including phenoxy) is 1. The molecule has 29 heavy (non-hydrogen) atoms. The molecule has 0 saturated carbocycles. The molecule has 150 valence electrons. The summed E-state index contributed by atoms with van der Waals surface area (Å²) in [5.41, 5.74) is 2.65. The zero-order valence-corrected chi connectivity index (χ0v) is 16.5. The average Bonchev–Trinajstić information content (AvgIpc) is 3.31. The molecule has 2 aromatic carbocycles. The number of imidazole rings is 1. The molecule has 0 spiro atoms. The summed E-state index contributed by atoms with van der Waals surface area (Å²) < 4.78 is 7.35. The molecular weight excluding hydrogens is 368 g/mol. The maximum atomic E-state index is 12.7. The Kier molecular flexibility index (Phi) is 5.20. The third-order valence-corrected chi connectivity index (χ3v) is 5.29. The molecule has 7 heteroatoms. The van der Waals surface area contributed by atoms with E-state index in [9.17, 15) is 9.59 Å². The Hall–Kier alpha value is -3.35. The van der Waals surface area contributed by atoms with Crippen LogP contribution in [0.25, 0.3) is 11.0 Å². The van der Waals surface area contributed by atoms with E-state index in [-0.39, 0.29) is 30.2 Å². The summed E-state index contributed by atoms with van der Waals surface area (Å²) >= 11 is 0. The molecule has 2 amide bonds. The number of amides is 2. The Morgan fingerprint density at radius 2 is 2.00 bits per heavy atom. The number of benzene rings is 2. The van der Waals surface area contributed by atoms with Crippen molar-refractivity contribution in [2.45, 2.75) is 25.9 Å². The summed E-state index contributed by atoms with van der Waals surface area (Å²) in [5.74, 6) is 0.312. The Morgan fingerprint density at radius 1 is 1.24 bits per heavy atom. The highest BCUT2D eigenvalue weighted by Gasteiger charge is 2.33. The van der Waals surface area contributed by atoms with E-state index in [4.69, 9.17) is 4.74 Å². The van der Waals surface area contributed by atoms with Crippen LogP contribution in [0, 0.1) is 5.92 Å². The van der Waals surface area contributed by atoms with Crippen LogP contribution in [0.3, 0.4) is 0 Å². The van der Waals surface area contributed by atoms with Gasteiger partial charge in [-0.05, 0) is 24.3 Å². The minimum atomic E-state index is -0.247. The van der Waals surface area contributed by atoms with Gasteiger partial charge in [-0.25, -0.2) is 4.98 Å². The fourth-order valence-electron chi connectivity index (χ4n) is 3.77. The molecule has 7 nitrogen and oxygen atoms in total. The summed E-state index contributed by atoms with van der Waals surface area (Å²) in [5, 5.41) is 3.03. The third-order valence-electron chi connectivity index (χ3n) is 5.29. The Labute approximate surface area is 169 Å². The Bertz CT molecular complexity index is 1050. The molecule has 0 unspecified atom stereocenters. The molecular formula is C22H24N4O3. The number of hydrogen-bond donors (Lipinski definition) is 1. The van der Waals surface area contributed by atoms with E-state index in [0.29, 0.717) is 18.8 Å². The second kappa shape index (κ2) is 7.95. The SMILES string of the molecule is COc1ccccc1N1C[C@H](NC(=O)[C@@H](C)Cn2cnc3ccccc32)CC1=O. The number of carbonyl (C=O) groups excluding carboxylic acids is 2. The highest BCUT2D eigenvalue weighted by atomic mass is 16.5. The smallest absolute Gasteiger partial charge is 0.229 e. The van der Waals surface area contributed by atoms with Crippen molar-refractivity contribution in [3.63, 3.8) is 0 Å². The molecule has 1 saturated heterocycles. The first kappa shape index (κ1) is 19.0. The minimum Gasteiger partial charge on any atom is -0.495 e. The van der Waals surface area contributed by atoms with E-state index >= 15 is 0 Å². The summed E-state index contributed by atoms with van der Waals surface area (Å²) in [4.78, 5) is 31.3. The highest BCUT2D eigenvalue weighted by molar-refractivity contribution is 5.98. The summed E-state index contributed by atoms with van der Waals surface area (Å²) in [7, 11) is 1.58. The van der Waals surface area contributed by atoms with Crippen LogP contribution in [-0.4, -0.2) is 41.1 Å². The van der Waals surface area contributed by atoms with Crippen molar-refractivity contribution in [2.24, 2.45) is 5.92 Å². The number of hydrogen-bond acceptors (Lipinski definition) is 4. The van der Waals surface area contributed by atoms with E-state index in [1.807, 2.05) is 60.0 Å². The first-order valence-corrected chi connectivity index (χ1v) is 9.70. The van der Waals surface area contributed by atoms with E-state index < -0.39 is 0 Å². The van der Waals surface area contributed by atoms with E-state index in [1.165, 1.54) is 0 Å². The molecule has 1 aliphatic rings. The van der Waals surface area contributed by atoms with Gasteiger partial charge in [-0.3, -0.25) is 9.59 Å². The number of aromatic nitrogens is 2. The van der Waals surface area contributed by atoms with Gasteiger partial charge >= 0.3 is 0 Å². The Balaban J connectivity index is 1.40. The fourth-order valence-corrected chi connectivity index (χ4v) is 3.77. The first-order valence-electron chi connectivity index (χ1n) is 9.70. The number of rotatable bonds is 6. The Morgan fingerprint density at radius 3 is 2.83 bits per heavy atom. The highest BCUT2D eigenvalue weighted by Crippen LogP contribution is 2.31. The number of fused-ring (bicyclic) bond motifs is 1.